The number of rotatable bonds is 4. The average molecular weight is 291 g/mol. The molecule has 4 nitrogen and oxygen atoms in total. The molecule has 0 aromatic carbocycles. The van der Waals surface area contributed by atoms with Gasteiger partial charge in [0.05, 0.1) is 5.69 Å². The van der Waals surface area contributed by atoms with Crippen LogP contribution in [-0.4, -0.2) is 21.8 Å². The number of hydrogen-bond donors (Lipinski definition) is 1. The Morgan fingerprint density at radius 1 is 1.14 bits per heavy atom. The van der Waals surface area contributed by atoms with E-state index >= 15 is 0 Å². The first-order chi connectivity index (χ1) is 9.83. The van der Waals surface area contributed by atoms with Crippen LogP contribution in [0.5, 0.6) is 5.88 Å². The van der Waals surface area contributed by atoms with Crippen molar-refractivity contribution in [1.29, 1.82) is 0 Å². The Hall–Kier alpha value is -1.16. The summed E-state index contributed by atoms with van der Waals surface area (Å²) in [6.45, 7) is 11.8. The highest BCUT2D eigenvalue weighted by atomic mass is 16.5. The summed E-state index contributed by atoms with van der Waals surface area (Å²) in [7, 11) is 0. The topological polar surface area (TPSA) is 47.0 Å². The van der Waals surface area contributed by atoms with Gasteiger partial charge in [0, 0.05) is 18.2 Å². The molecule has 0 amide bonds. The van der Waals surface area contributed by atoms with Crippen molar-refractivity contribution in [3.8, 4) is 5.88 Å². The molecule has 1 saturated carbocycles. The highest BCUT2D eigenvalue weighted by Crippen LogP contribution is 2.31. The third-order valence-electron chi connectivity index (χ3n) is 4.33. The van der Waals surface area contributed by atoms with Gasteiger partial charge in [-0.3, -0.25) is 0 Å². The van der Waals surface area contributed by atoms with E-state index in [1.807, 2.05) is 12.1 Å². The van der Waals surface area contributed by atoms with Crippen LogP contribution in [0.15, 0.2) is 12.1 Å². The maximum atomic E-state index is 5.98. The molecule has 3 unspecified atom stereocenters. The lowest BCUT2D eigenvalue weighted by molar-refractivity contribution is 0.0954. The molecule has 1 N–H and O–H groups in total. The van der Waals surface area contributed by atoms with Crippen LogP contribution >= 0.6 is 0 Å². The van der Waals surface area contributed by atoms with E-state index in [0.29, 0.717) is 12.0 Å². The zero-order chi connectivity index (χ0) is 15.5. The van der Waals surface area contributed by atoms with Crippen LogP contribution in [0.4, 0.5) is 0 Å². The molecule has 1 fully saturated rings. The van der Waals surface area contributed by atoms with E-state index in [9.17, 15) is 0 Å². The zero-order valence-electron chi connectivity index (χ0n) is 14.0. The van der Waals surface area contributed by atoms with Crippen molar-refractivity contribution in [1.82, 2.24) is 15.5 Å². The third-order valence-corrected chi connectivity index (χ3v) is 4.33. The standard InChI is InChI=1S/C17H29N3O/c1-12-6-8-15(10-13(12)2)21-16-9-7-14(19-20-16)11-18-17(3,4)5/h7,9,12-13,15,18H,6,8,10-11H2,1-5H3. The molecule has 3 atom stereocenters. The highest BCUT2D eigenvalue weighted by Gasteiger charge is 2.26. The molecule has 1 aliphatic rings. The highest BCUT2D eigenvalue weighted by molar-refractivity contribution is 5.12. The monoisotopic (exact) mass is 291 g/mol. The summed E-state index contributed by atoms with van der Waals surface area (Å²) in [4.78, 5) is 0. The van der Waals surface area contributed by atoms with Crippen molar-refractivity contribution >= 4 is 0 Å². The van der Waals surface area contributed by atoms with Gasteiger partial charge in [-0.2, -0.15) is 5.10 Å². The van der Waals surface area contributed by atoms with Crippen molar-refractivity contribution in [2.24, 2.45) is 11.8 Å². The molecular weight excluding hydrogens is 262 g/mol. The van der Waals surface area contributed by atoms with Crippen LogP contribution in [0.1, 0.15) is 59.6 Å². The van der Waals surface area contributed by atoms with Crippen LogP contribution in [0.25, 0.3) is 0 Å². The maximum Gasteiger partial charge on any atom is 0.233 e. The van der Waals surface area contributed by atoms with Crippen molar-refractivity contribution in [3.63, 3.8) is 0 Å². The number of hydrogen-bond acceptors (Lipinski definition) is 4. The smallest absolute Gasteiger partial charge is 0.233 e. The molecule has 0 radical (unpaired) electrons. The summed E-state index contributed by atoms with van der Waals surface area (Å²) in [5, 5.41) is 11.9. The van der Waals surface area contributed by atoms with Gasteiger partial charge in [-0.1, -0.05) is 13.8 Å². The fraction of sp³-hybridized carbons (Fsp3) is 0.765. The Morgan fingerprint density at radius 2 is 1.90 bits per heavy atom. The van der Waals surface area contributed by atoms with Gasteiger partial charge in [-0.25, -0.2) is 0 Å². The van der Waals surface area contributed by atoms with Crippen molar-refractivity contribution in [2.75, 3.05) is 0 Å². The number of nitrogens with zero attached hydrogens (tertiary/aromatic N) is 2. The lowest BCUT2D eigenvalue weighted by Crippen LogP contribution is -2.35. The Bertz CT molecular complexity index is 438. The second kappa shape index (κ2) is 6.73. The van der Waals surface area contributed by atoms with Crippen molar-refractivity contribution < 1.29 is 4.74 Å². The second-order valence-electron chi connectivity index (χ2n) is 7.47. The van der Waals surface area contributed by atoms with E-state index in [1.54, 1.807) is 0 Å². The van der Waals surface area contributed by atoms with Gasteiger partial charge in [0.1, 0.15) is 6.10 Å². The van der Waals surface area contributed by atoms with Crippen LogP contribution in [0, 0.1) is 11.8 Å². The first kappa shape index (κ1) is 16.2. The van der Waals surface area contributed by atoms with Gasteiger partial charge in [-0.15, -0.1) is 5.10 Å². The summed E-state index contributed by atoms with van der Waals surface area (Å²) in [5.41, 5.74) is 1.04. The molecule has 0 aliphatic heterocycles. The second-order valence-corrected chi connectivity index (χ2v) is 7.47. The molecule has 2 rings (SSSR count). The zero-order valence-corrected chi connectivity index (χ0v) is 14.0. The molecule has 1 aromatic heterocycles. The normalized spacial score (nSPS) is 26.6. The number of aromatic nitrogens is 2. The molecular formula is C17H29N3O. The van der Waals surface area contributed by atoms with E-state index in [4.69, 9.17) is 4.74 Å². The Kier molecular flexibility index (Phi) is 5.20. The van der Waals surface area contributed by atoms with Crippen LogP contribution in [-0.2, 0) is 6.54 Å². The summed E-state index contributed by atoms with van der Waals surface area (Å²) < 4.78 is 5.98. The van der Waals surface area contributed by atoms with Gasteiger partial charge >= 0.3 is 0 Å². The van der Waals surface area contributed by atoms with E-state index in [0.717, 1.165) is 36.9 Å². The van der Waals surface area contributed by atoms with E-state index in [2.05, 4.69) is 50.1 Å². The van der Waals surface area contributed by atoms with Crippen molar-refractivity contribution in [3.05, 3.63) is 17.8 Å². The first-order valence-corrected chi connectivity index (χ1v) is 8.08. The van der Waals surface area contributed by atoms with Gasteiger partial charge in [0.2, 0.25) is 5.88 Å². The average Bonchev–Trinajstić information content (AvgIpc) is 2.41. The molecule has 21 heavy (non-hydrogen) atoms. The molecule has 0 saturated heterocycles. The molecule has 118 valence electrons. The predicted molar refractivity (Wildman–Crippen MR) is 85.2 cm³/mol. The largest absolute Gasteiger partial charge is 0.473 e. The minimum atomic E-state index is 0.0891. The van der Waals surface area contributed by atoms with Gasteiger partial charge < -0.3 is 10.1 Å². The van der Waals surface area contributed by atoms with Gasteiger partial charge in [0.15, 0.2) is 0 Å². The lowest BCUT2D eigenvalue weighted by atomic mass is 9.80. The summed E-state index contributed by atoms with van der Waals surface area (Å²) >= 11 is 0. The van der Waals surface area contributed by atoms with Crippen LogP contribution in [0.3, 0.4) is 0 Å². The molecule has 4 heteroatoms. The molecule has 0 spiro atoms. The third kappa shape index (κ3) is 5.27. The Morgan fingerprint density at radius 3 is 2.48 bits per heavy atom. The molecule has 1 aromatic rings. The minimum Gasteiger partial charge on any atom is -0.473 e. The van der Waals surface area contributed by atoms with E-state index in [-0.39, 0.29) is 5.54 Å². The number of ether oxygens (including phenoxy) is 1. The van der Waals surface area contributed by atoms with E-state index in [1.165, 1.54) is 6.42 Å². The number of nitrogens with one attached hydrogen (secondary N) is 1. The predicted octanol–water partition coefficient (Wildman–Crippen LogP) is 3.57. The molecule has 1 heterocycles. The van der Waals surface area contributed by atoms with Crippen LogP contribution < -0.4 is 10.1 Å². The summed E-state index contributed by atoms with van der Waals surface area (Å²) in [5.74, 6) is 2.19. The summed E-state index contributed by atoms with van der Waals surface area (Å²) in [6.07, 6.45) is 3.79. The minimum absolute atomic E-state index is 0.0891. The van der Waals surface area contributed by atoms with E-state index < -0.39 is 0 Å². The maximum absolute atomic E-state index is 5.98. The quantitative estimate of drug-likeness (QED) is 0.921. The van der Waals surface area contributed by atoms with Crippen LogP contribution in [0.2, 0.25) is 0 Å². The Balaban J connectivity index is 1.85. The fourth-order valence-electron chi connectivity index (χ4n) is 2.64. The van der Waals surface area contributed by atoms with Gasteiger partial charge in [-0.05, 0) is 57.9 Å². The molecule has 0 bridgehead atoms. The summed E-state index contributed by atoms with van der Waals surface area (Å²) in [6, 6.07) is 3.94. The lowest BCUT2D eigenvalue weighted by Gasteiger charge is -2.31. The SMILES string of the molecule is CC1CCC(Oc2ccc(CNC(C)(C)C)nn2)CC1C. The Labute approximate surface area is 128 Å². The van der Waals surface area contributed by atoms with Crippen molar-refractivity contribution in [2.45, 2.75) is 72.1 Å². The fourth-order valence-corrected chi connectivity index (χ4v) is 2.64. The first-order valence-electron chi connectivity index (χ1n) is 8.08. The van der Waals surface area contributed by atoms with Gasteiger partial charge in [0.25, 0.3) is 0 Å². The molecule has 1 aliphatic carbocycles.